The molecule has 0 atom stereocenters. The largest absolute Gasteiger partial charge is 0.357 e. The summed E-state index contributed by atoms with van der Waals surface area (Å²) < 4.78 is 0. The number of rotatable bonds is 0. The first-order valence-corrected chi connectivity index (χ1v) is 6.85. The Morgan fingerprint density at radius 1 is 0.895 bits per heavy atom. The summed E-state index contributed by atoms with van der Waals surface area (Å²) in [5, 5.41) is 3.55. The predicted octanol–water partition coefficient (Wildman–Crippen LogP) is 4.83. The first-order valence-electron chi connectivity index (χ1n) is 6.85. The summed E-state index contributed by atoms with van der Waals surface area (Å²) >= 11 is 0. The first kappa shape index (κ1) is 13.9. The topological polar surface area (TPSA) is 24.4 Å². The molecule has 19 heavy (non-hydrogen) atoms. The van der Waals surface area contributed by atoms with Gasteiger partial charge in [0.05, 0.1) is 5.71 Å². The van der Waals surface area contributed by atoms with Gasteiger partial charge in [0.2, 0.25) is 0 Å². The van der Waals surface area contributed by atoms with Gasteiger partial charge in [-0.15, -0.1) is 0 Å². The van der Waals surface area contributed by atoms with E-state index < -0.39 is 0 Å². The van der Waals surface area contributed by atoms with Crippen LogP contribution in [-0.2, 0) is 0 Å². The number of hydrogen-bond donors (Lipinski definition) is 1. The van der Waals surface area contributed by atoms with E-state index in [2.05, 4.69) is 71.1 Å². The Bertz CT molecular complexity index is 537. The van der Waals surface area contributed by atoms with Gasteiger partial charge >= 0.3 is 0 Å². The third kappa shape index (κ3) is 2.89. The molecular weight excluding hydrogens is 232 g/mol. The minimum Gasteiger partial charge on any atom is -0.357 e. The second-order valence-electron chi connectivity index (χ2n) is 7.19. The van der Waals surface area contributed by atoms with Crippen molar-refractivity contribution in [2.45, 2.75) is 41.5 Å². The summed E-state index contributed by atoms with van der Waals surface area (Å²) in [5.74, 6) is 0. The second kappa shape index (κ2) is 4.52. The van der Waals surface area contributed by atoms with E-state index in [4.69, 9.17) is 4.99 Å². The lowest BCUT2D eigenvalue weighted by Gasteiger charge is -2.24. The van der Waals surface area contributed by atoms with Crippen molar-refractivity contribution < 1.29 is 0 Å². The number of nitrogens with zero attached hydrogens (tertiary/aromatic N) is 1. The van der Waals surface area contributed by atoms with Gasteiger partial charge in [-0.3, -0.25) is 4.99 Å². The minimum absolute atomic E-state index is 0.0294. The number of nitrogens with one attached hydrogen (secondary N) is 1. The van der Waals surface area contributed by atoms with Crippen molar-refractivity contribution in [3.63, 3.8) is 0 Å². The Morgan fingerprint density at radius 3 is 2.11 bits per heavy atom. The normalized spacial score (nSPS) is 15.9. The van der Waals surface area contributed by atoms with E-state index in [-0.39, 0.29) is 10.8 Å². The fraction of sp³-hybridized carbons (Fsp3) is 0.471. The quantitative estimate of drug-likeness (QED) is 0.706. The summed E-state index contributed by atoms with van der Waals surface area (Å²) in [6, 6.07) is 8.41. The third-order valence-corrected chi connectivity index (χ3v) is 3.29. The van der Waals surface area contributed by atoms with Gasteiger partial charge in [-0.05, 0) is 6.07 Å². The Labute approximate surface area is 116 Å². The van der Waals surface area contributed by atoms with Crippen LogP contribution in [0.25, 0.3) is 0 Å². The smallest absolute Gasteiger partial charge is 0.0550 e. The highest BCUT2D eigenvalue weighted by molar-refractivity contribution is 6.09. The third-order valence-electron chi connectivity index (χ3n) is 3.29. The lowest BCUT2D eigenvalue weighted by molar-refractivity contribution is 0.506. The molecule has 1 aromatic rings. The van der Waals surface area contributed by atoms with Crippen LogP contribution >= 0.6 is 0 Å². The number of fused-ring (bicyclic) bond motifs is 1. The number of aliphatic imine (C=N–C) groups is 1. The van der Waals surface area contributed by atoms with E-state index in [1.807, 2.05) is 6.20 Å². The van der Waals surface area contributed by atoms with Gasteiger partial charge in [0, 0.05) is 34.0 Å². The van der Waals surface area contributed by atoms with Crippen molar-refractivity contribution in [2.24, 2.45) is 15.8 Å². The Morgan fingerprint density at radius 2 is 1.53 bits per heavy atom. The molecule has 0 aromatic heterocycles. The molecule has 0 saturated heterocycles. The second-order valence-corrected chi connectivity index (χ2v) is 7.19. The van der Waals surface area contributed by atoms with E-state index in [9.17, 15) is 0 Å². The molecule has 0 fully saturated rings. The zero-order valence-corrected chi connectivity index (χ0v) is 12.8. The Kier molecular flexibility index (Phi) is 3.29. The van der Waals surface area contributed by atoms with Crippen LogP contribution in [0.3, 0.4) is 0 Å². The maximum Gasteiger partial charge on any atom is 0.0550 e. The van der Waals surface area contributed by atoms with Crippen molar-refractivity contribution in [3.05, 3.63) is 41.7 Å². The van der Waals surface area contributed by atoms with Crippen molar-refractivity contribution in [3.8, 4) is 0 Å². The SMILES string of the molecule is CC(C)(C)C1=CN=C(C(C)(C)C)c2ccccc2N1. The molecule has 0 amide bonds. The fourth-order valence-electron chi connectivity index (χ4n) is 2.15. The molecule has 0 radical (unpaired) electrons. The van der Waals surface area contributed by atoms with E-state index in [1.54, 1.807) is 0 Å². The summed E-state index contributed by atoms with van der Waals surface area (Å²) in [7, 11) is 0. The van der Waals surface area contributed by atoms with E-state index >= 15 is 0 Å². The molecule has 1 N–H and O–H groups in total. The summed E-state index contributed by atoms with van der Waals surface area (Å²) in [5.41, 5.74) is 4.72. The molecule has 2 rings (SSSR count). The molecule has 1 aliphatic rings. The molecule has 2 nitrogen and oxygen atoms in total. The van der Waals surface area contributed by atoms with Gasteiger partial charge in [0.25, 0.3) is 0 Å². The van der Waals surface area contributed by atoms with Gasteiger partial charge in [-0.25, -0.2) is 0 Å². The van der Waals surface area contributed by atoms with Crippen LogP contribution in [0.2, 0.25) is 0 Å². The molecule has 1 aromatic carbocycles. The molecule has 0 aliphatic carbocycles. The van der Waals surface area contributed by atoms with Crippen LogP contribution in [0.1, 0.15) is 47.1 Å². The summed E-state index contributed by atoms with van der Waals surface area (Å²) in [6.45, 7) is 13.2. The molecule has 0 bridgehead atoms. The molecule has 0 unspecified atom stereocenters. The highest BCUT2D eigenvalue weighted by Gasteiger charge is 2.26. The minimum atomic E-state index is 0.0294. The Balaban J connectivity index is 2.60. The number of anilines is 1. The van der Waals surface area contributed by atoms with Crippen molar-refractivity contribution >= 4 is 11.4 Å². The average molecular weight is 256 g/mol. The van der Waals surface area contributed by atoms with Gasteiger partial charge in [0.1, 0.15) is 0 Å². The maximum absolute atomic E-state index is 4.78. The van der Waals surface area contributed by atoms with Crippen LogP contribution in [0.4, 0.5) is 5.69 Å². The number of allylic oxidation sites excluding steroid dienone is 1. The summed E-state index contributed by atoms with van der Waals surface area (Å²) in [4.78, 5) is 4.78. The average Bonchev–Trinajstić information content (AvgIpc) is 2.46. The monoisotopic (exact) mass is 256 g/mol. The van der Waals surface area contributed by atoms with Crippen molar-refractivity contribution in [2.75, 3.05) is 5.32 Å². The Hall–Kier alpha value is -1.57. The summed E-state index contributed by atoms with van der Waals surface area (Å²) in [6.07, 6.45) is 1.99. The highest BCUT2D eigenvalue weighted by atomic mass is 15.0. The van der Waals surface area contributed by atoms with Crippen LogP contribution < -0.4 is 5.32 Å². The molecule has 102 valence electrons. The first-order chi connectivity index (χ1) is 8.69. The van der Waals surface area contributed by atoms with E-state index in [0.29, 0.717) is 0 Å². The van der Waals surface area contributed by atoms with E-state index in [1.165, 1.54) is 5.56 Å². The lowest BCUT2D eigenvalue weighted by Crippen LogP contribution is -2.22. The number of benzene rings is 1. The fourth-order valence-corrected chi connectivity index (χ4v) is 2.15. The van der Waals surface area contributed by atoms with Crippen LogP contribution in [-0.4, -0.2) is 5.71 Å². The zero-order chi connectivity index (χ0) is 14.3. The van der Waals surface area contributed by atoms with Crippen LogP contribution in [0.5, 0.6) is 0 Å². The lowest BCUT2D eigenvalue weighted by atomic mass is 9.85. The van der Waals surface area contributed by atoms with Crippen LogP contribution in [0, 0.1) is 10.8 Å². The highest BCUT2D eigenvalue weighted by Crippen LogP contribution is 2.34. The van der Waals surface area contributed by atoms with E-state index in [0.717, 1.165) is 17.1 Å². The standard InChI is InChI=1S/C17H24N2/c1-16(2,3)14-11-18-15(17(4,5)6)12-9-7-8-10-13(12)19-14/h7-11,19H,1-6H3. The molecule has 1 heterocycles. The molecule has 2 heteroatoms. The number of hydrogen-bond acceptors (Lipinski definition) is 2. The van der Waals surface area contributed by atoms with Crippen LogP contribution in [0.15, 0.2) is 41.2 Å². The molecule has 0 spiro atoms. The number of para-hydroxylation sites is 1. The zero-order valence-electron chi connectivity index (χ0n) is 12.8. The molecule has 1 aliphatic heterocycles. The van der Waals surface area contributed by atoms with Gasteiger partial charge in [-0.2, -0.15) is 0 Å². The van der Waals surface area contributed by atoms with Gasteiger partial charge in [0.15, 0.2) is 0 Å². The van der Waals surface area contributed by atoms with Gasteiger partial charge < -0.3 is 5.32 Å². The molecular formula is C17H24N2. The van der Waals surface area contributed by atoms with Crippen molar-refractivity contribution in [1.29, 1.82) is 0 Å². The predicted molar refractivity (Wildman–Crippen MR) is 83.6 cm³/mol. The van der Waals surface area contributed by atoms with Crippen molar-refractivity contribution in [1.82, 2.24) is 0 Å². The van der Waals surface area contributed by atoms with Gasteiger partial charge in [-0.1, -0.05) is 59.7 Å². The molecule has 0 saturated carbocycles. The maximum atomic E-state index is 4.78.